The van der Waals surface area contributed by atoms with Gasteiger partial charge in [-0.1, -0.05) is 30.3 Å². The van der Waals surface area contributed by atoms with Crippen molar-refractivity contribution in [3.63, 3.8) is 0 Å². The highest BCUT2D eigenvalue weighted by Crippen LogP contribution is 2.30. The number of rotatable bonds is 5. The lowest BCUT2D eigenvalue weighted by molar-refractivity contribution is 0.0602. The molecule has 0 unspecified atom stereocenters. The van der Waals surface area contributed by atoms with Gasteiger partial charge in [-0.2, -0.15) is 4.31 Å². The van der Waals surface area contributed by atoms with Crippen LogP contribution in [0.4, 0.5) is 0 Å². The third kappa shape index (κ3) is 3.94. The molecule has 1 aromatic carbocycles. The third-order valence-electron chi connectivity index (χ3n) is 4.56. The van der Waals surface area contributed by atoms with Crippen molar-refractivity contribution in [3.8, 4) is 0 Å². The molecule has 3 rings (SSSR count). The predicted molar refractivity (Wildman–Crippen MR) is 97.3 cm³/mol. The van der Waals surface area contributed by atoms with Gasteiger partial charge in [-0.05, 0) is 42.2 Å². The molecule has 134 valence electrons. The van der Waals surface area contributed by atoms with Gasteiger partial charge < -0.3 is 4.74 Å². The number of carbonyl (C=O) groups is 1. The average Bonchev–Trinajstić information content (AvgIpc) is 3.13. The Morgan fingerprint density at radius 3 is 2.52 bits per heavy atom. The Labute approximate surface area is 152 Å². The molecular weight excluding hydrogens is 358 g/mol. The van der Waals surface area contributed by atoms with Crippen molar-refractivity contribution in [3.05, 3.63) is 52.2 Å². The minimum absolute atomic E-state index is 0.0610. The van der Waals surface area contributed by atoms with Crippen molar-refractivity contribution in [2.45, 2.75) is 24.2 Å². The lowest BCUT2D eigenvalue weighted by Gasteiger charge is -2.31. The zero-order chi connectivity index (χ0) is 17.9. The summed E-state index contributed by atoms with van der Waals surface area (Å²) in [5.41, 5.74) is 1.29. The number of ether oxygens (including phenoxy) is 1. The number of esters is 1. The summed E-state index contributed by atoms with van der Waals surface area (Å²) in [5.74, 6) is -0.121. The van der Waals surface area contributed by atoms with Gasteiger partial charge in [0.05, 0.1) is 7.11 Å². The molecule has 0 saturated carbocycles. The largest absolute Gasteiger partial charge is 0.465 e. The number of methoxy groups -OCH3 is 1. The van der Waals surface area contributed by atoms with E-state index in [1.807, 2.05) is 18.2 Å². The molecule has 0 amide bonds. The number of sulfonamides is 1. The predicted octanol–water partition coefficient (Wildman–Crippen LogP) is 3.18. The lowest BCUT2D eigenvalue weighted by Crippen LogP contribution is -2.39. The summed E-state index contributed by atoms with van der Waals surface area (Å²) in [6, 6.07) is 11.8. The second-order valence-electron chi connectivity index (χ2n) is 6.14. The topological polar surface area (TPSA) is 63.7 Å². The molecular formula is C18H21NO4S2. The van der Waals surface area contributed by atoms with Crippen LogP contribution in [0, 0.1) is 5.92 Å². The van der Waals surface area contributed by atoms with E-state index in [-0.39, 0.29) is 9.77 Å². The first-order valence-electron chi connectivity index (χ1n) is 8.22. The SMILES string of the molecule is COC(=O)c1sccc1S(=O)(=O)N1CCC(Cc2ccccc2)CC1. The Kier molecular flexibility index (Phi) is 5.56. The van der Waals surface area contributed by atoms with Crippen molar-refractivity contribution < 1.29 is 17.9 Å². The monoisotopic (exact) mass is 379 g/mol. The Morgan fingerprint density at radius 1 is 1.20 bits per heavy atom. The van der Waals surface area contributed by atoms with Crippen LogP contribution < -0.4 is 0 Å². The van der Waals surface area contributed by atoms with E-state index in [0.29, 0.717) is 19.0 Å². The van der Waals surface area contributed by atoms with Crippen molar-refractivity contribution in [2.24, 2.45) is 5.92 Å². The first-order valence-corrected chi connectivity index (χ1v) is 10.5. The van der Waals surface area contributed by atoms with Gasteiger partial charge in [0.1, 0.15) is 9.77 Å². The summed E-state index contributed by atoms with van der Waals surface area (Å²) >= 11 is 1.10. The van der Waals surface area contributed by atoms with E-state index in [0.717, 1.165) is 30.6 Å². The highest BCUT2D eigenvalue weighted by molar-refractivity contribution is 7.89. The molecule has 1 aliphatic heterocycles. The molecule has 0 N–H and O–H groups in total. The Balaban J connectivity index is 1.68. The number of carbonyl (C=O) groups excluding carboxylic acids is 1. The fourth-order valence-corrected chi connectivity index (χ4v) is 5.96. The van der Waals surface area contributed by atoms with Gasteiger partial charge in [-0.3, -0.25) is 0 Å². The van der Waals surface area contributed by atoms with E-state index in [9.17, 15) is 13.2 Å². The minimum atomic E-state index is -3.66. The minimum Gasteiger partial charge on any atom is -0.465 e. The van der Waals surface area contributed by atoms with Gasteiger partial charge in [0.2, 0.25) is 10.0 Å². The molecule has 2 heterocycles. The van der Waals surface area contributed by atoms with Crippen molar-refractivity contribution in [1.29, 1.82) is 0 Å². The lowest BCUT2D eigenvalue weighted by atomic mass is 9.91. The maximum Gasteiger partial charge on any atom is 0.349 e. The molecule has 0 spiro atoms. The second kappa shape index (κ2) is 7.68. The standard InChI is InChI=1S/C18H21NO4S2/c1-23-18(20)17-16(9-12-24-17)25(21,22)19-10-7-15(8-11-19)13-14-5-3-2-4-6-14/h2-6,9,12,15H,7-8,10-11,13H2,1H3. The maximum absolute atomic E-state index is 12.9. The quantitative estimate of drug-likeness (QED) is 0.749. The highest BCUT2D eigenvalue weighted by atomic mass is 32.2. The second-order valence-corrected chi connectivity index (χ2v) is 8.97. The summed E-state index contributed by atoms with van der Waals surface area (Å²) < 4.78 is 31.9. The molecule has 5 nitrogen and oxygen atoms in total. The zero-order valence-corrected chi connectivity index (χ0v) is 15.7. The number of hydrogen-bond donors (Lipinski definition) is 0. The molecule has 1 fully saturated rings. The average molecular weight is 380 g/mol. The molecule has 25 heavy (non-hydrogen) atoms. The van der Waals surface area contributed by atoms with Gasteiger partial charge in [0.15, 0.2) is 0 Å². The van der Waals surface area contributed by atoms with E-state index in [1.165, 1.54) is 23.0 Å². The van der Waals surface area contributed by atoms with Crippen LogP contribution in [0.2, 0.25) is 0 Å². The molecule has 0 bridgehead atoms. The summed E-state index contributed by atoms with van der Waals surface area (Å²) in [7, 11) is -2.40. The van der Waals surface area contributed by atoms with Crippen LogP contribution in [0.5, 0.6) is 0 Å². The molecule has 1 saturated heterocycles. The Bertz CT molecular complexity index is 822. The van der Waals surface area contributed by atoms with Crippen LogP contribution in [0.15, 0.2) is 46.7 Å². The molecule has 1 aliphatic rings. The molecule has 2 aromatic rings. The molecule has 1 aromatic heterocycles. The highest BCUT2D eigenvalue weighted by Gasteiger charge is 2.33. The van der Waals surface area contributed by atoms with Gasteiger partial charge in [-0.25, -0.2) is 13.2 Å². The maximum atomic E-state index is 12.9. The zero-order valence-electron chi connectivity index (χ0n) is 14.1. The van der Waals surface area contributed by atoms with Crippen LogP contribution in [-0.2, 0) is 21.2 Å². The van der Waals surface area contributed by atoms with Gasteiger partial charge in [0, 0.05) is 13.1 Å². The fourth-order valence-electron chi connectivity index (χ4n) is 3.18. The van der Waals surface area contributed by atoms with Crippen LogP contribution in [0.25, 0.3) is 0 Å². The normalized spacial score (nSPS) is 16.7. The van der Waals surface area contributed by atoms with Gasteiger partial charge in [0.25, 0.3) is 0 Å². The van der Waals surface area contributed by atoms with Crippen LogP contribution >= 0.6 is 11.3 Å². The fraction of sp³-hybridized carbons (Fsp3) is 0.389. The number of nitrogens with zero attached hydrogens (tertiary/aromatic N) is 1. The molecule has 0 atom stereocenters. The summed E-state index contributed by atoms with van der Waals surface area (Å²) in [6.07, 6.45) is 2.62. The van der Waals surface area contributed by atoms with E-state index in [4.69, 9.17) is 0 Å². The molecule has 7 heteroatoms. The van der Waals surface area contributed by atoms with Crippen molar-refractivity contribution >= 4 is 27.3 Å². The van der Waals surface area contributed by atoms with E-state index in [2.05, 4.69) is 16.9 Å². The van der Waals surface area contributed by atoms with Crippen LogP contribution in [-0.4, -0.2) is 38.9 Å². The Hall–Kier alpha value is -1.70. The van der Waals surface area contributed by atoms with Gasteiger partial charge >= 0.3 is 5.97 Å². The van der Waals surface area contributed by atoms with Gasteiger partial charge in [-0.15, -0.1) is 11.3 Å². The summed E-state index contributed by atoms with van der Waals surface area (Å²) in [5, 5.41) is 1.61. The number of thiophene rings is 1. The first kappa shape index (κ1) is 18.1. The van der Waals surface area contributed by atoms with Crippen molar-refractivity contribution in [2.75, 3.05) is 20.2 Å². The molecule has 0 radical (unpaired) electrons. The first-order chi connectivity index (χ1) is 12.0. The van der Waals surface area contributed by atoms with E-state index < -0.39 is 16.0 Å². The van der Waals surface area contributed by atoms with Crippen LogP contribution in [0.1, 0.15) is 28.1 Å². The Morgan fingerprint density at radius 2 is 1.88 bits per heavy atom. The summed E-state index contributed by atoms with van der Waals surface area (Å²) in [4.78, 5) is 12.0. The number of benzene rings is 1. The molecule has 0 aliphatic carbocycles. The summed E-state index contributed by atoms with van der Waals surface area (Å²) in [6.45, 7) is 0.965. The number of piperidine rings is 1. The third-order valence-corrected chi connectivity index (χ3v) is 7.52. The van der Waals surface area contributed by atoms with E-state index in [1.54, 1.807) is 5.38 Å². The van der Waals surface area contributed by atoms with Crippen molar-refractivity contribution in [1.82, 2.24) is 4.31 Å². The van der Waals surface area contributed by atoms with E-state index >= 15 is 0 Å². The number of hydrogen-bond acceptors (Lipinski definition) is 5. The van der Waals surface area contributed by atoms with Crippen LogP contribution in [0.3, 0.4) is 0 Å². The smallest absolute Gasteiger partial charge is 0.349 e.